The van der Waals surface area contributed by atoms with Gasteiger partial charge in [-0.15, -0.1) is 0 Å². The van der Waals surface area contributed by atoms with E-state index >= 15 is 0 Å². The van der Waals surface area contributed by atoms with E-state index in [1.54, 1.807) is 19.0 Å². The van der Waals surface area contributed by atoms with Crippen molar-refractivity contribution in [3.8, 4) is 0 Å². The minimum atomic E-state index is -4.33. The number of nitrogens with zero attached hydrogens (tertiary/aromatic N) is 1. The van der Waals surface area contributed by atoms with Gasteiger partial charge in [0.2, 0.25) is 0 Å². The number of rotatable bonds is 2. The number of nitrogens with two attached hydrogens (primary N) is 1. The average Bonchev–Trinajstić information content (AvgIpc) is 2.15. The summed E-state index contributed by atoms with van der Waals surface area (Å²) in [5.41, 5.74) is 5.47. The zero-order valence-corrected chi connectivity index (χ0v) is 8.60. The van der Waals surface area contributed by atoms with Crippen LogP contribution in [0.15, 0.2) is 18.2 Å². The highest BCUT2D eigenvalue weighted by Crippen LogP contribution is 2.33. The van der Waals surface area contributed by atoms with Crippen LogP contribution in [0, 0.1) is 0 Å². The predicted octanol–water partition coefficient (Wildman–Crippen LogP) is 2.23. The lowest BCUT2D eigenvalue weighted by atomic mass is 10.1. The minimum absolute atomic E-state index is 0.115. The SMILES string of the molecule is CN(C)c1ccc(C(F)(F)F)c(CN)c1. The molecule has 0 unspecified atom stereocenters. The van der Waals surface area contributed by atoms with Gasteiger partial charge in [-0.3, -0.25) is 0 Å². The molecule has 0 spiro atoms. The second kappa shape index (κ2) is 4.10. The summed E-state index contributed by atoms with van der Waals surface area (Å²) < 4.78 is 37.5. The van der Waals surface area contributed by atoms with Crippen LogP contribution in [-0.2, 0) is 12.7 Å². The molecule has 0 aliphatic heterocycles. The van der Waals surface area contributed by atoms with Crippen LogP contribution in [0.4, 0.5) is 18.9 Å². The first kappa shape index (κ1) is 11.8. The topological polar surface area (TPSA) is 29.3 Å². The van der Waals surface area contributed by atoms with Crippen LogP contribution in [0.3, 0.4) is 0 Å². The van der Waals surface area contributed by atoms with Crippen LogP contribution < -0.4 is 10.6 Å². The fourth-order valence-corrected chi connectivity index (χ4v) is 1.30. The molecule has 0 saturated heterocycles. The monoisotopic (exact) mass is 218 g/mol. The van der Waals surface area contributed by atoms with Gasteiger partial charge >= 0.3 is 6.18 Å². The van der Waals surface area contributed by atoms with Gasteiger partial charge in [0.05, 0.1) is 5.56 Å². The quantitative estimate of drug-likeness (QED) is 0.824. The summed E-state index contributed by atoms with van der Waals surface area (Å²) in [6.45, 7) is -0.115. The Morgan fingerprint density at radius 3 is 2.27 bits per heavy atom. The van der Waals surface area contributed by atoms with E-state index in [1.807, 2.05) is 0 Å². The number of benzene rings is 1. The molecule has 0 aromatic heterocycles. The van der Waals surface area contributed by atoms with Crippen LogP contribution in [-0.4, -0.2) is 14.1 Å². The Labute approximate surface area is 86.5 Å². The molecule has 5 heteroatoms. The maximum Gasteiger partial charge on any atom is 0.416 e. The molecule has 2 nitrogen and oxygen atoms in total. The zero-order valence-electron chi connectivity index (χ0n) is 8.60. The third-order valence-corrected chi connectivity index (χ3v) is 2.13. The van der Waals surface area contributed by atoms with Gasteiger partial charge in [-0.1, -0.05) is 0 Å². The summed E-state index contributed by atoms with van der Waals surface area (Å²) in [6.07, 6.45) is -4.33. The molecule has 0 atom stereocenters. The fourth-order valence-electron chi connectivity index (χ4n) is 1.30. The summed E-state index contributed by atoms with van der Waals surface area (Å²) in [6, 6.07) is 3.96. The smallest absolute Gasteiger partial charge is 0.378 e. The van der Waals surface area contributed by atoms with Crippen molar-refractivity contribution < 1.29 is 13.2 Å². The lowest BCUT2D eigenvalue weighted by Crippen LogP contribution is -2.14. The highest BCUT2D eigenvalue weighted by Gasteiger charge is 2.32. The molecule has 0 amide bonds. The third kappa shape index (κ3) is 2.62. The fraction of sp³-hybridized carbons (Fsp3) is 0.400. The summed E-state index contributed by atoms with van der Waals surface area (Å²) in [7, 11) is 3.53. The Kier molecular flexibility index (Phi) is 3.24. The summed E-state index contributed by atoms with van der Waals surface area (Å²) in [5.74, 6) is 0. The lowest BCUT2D eigenvalue weighted by molar-refractivity contribution is -0.138. The maximum atomic E-state index is 12.5. The van der Waals surface area contributed by atoms with Crippen molar-refractivity contribution in [2.45, 2.75) is 12.7 Å². The molecule has 2 N–H and O–H groups in total. The molecule has 0 radical (unpaired) electrons. The Hall–Kier alpha value is -1.23. The van der Waals surface area contributed by atoms with E-state index in [-0.39, 0.29) is 12.1 Å². The number of hydrogen-bond donors (Lipinski definition) is 1. The molecule has 0 bridgehead atoms. The summed E-state index contributed by atoms with van der Waals surface area (Å²) in [5, 5.41) is 0. The Morgan fingerprint density at radius 1 is 1.27 bits per heavy atom. The largest absolute Gasteiger partial charge is 0.416 e. The maximum absolute atomic E-state index is 12.5. The van der Waals surface area contributed by atoms with Crippen LogP contribution >= 0.6 is 0 Å². The molecule has 0 saturated carbocycles. The molecule has 0 heterocycles. The van der Waals surface area contributed by atoms with Crippen molar-refractivity contribution in [3.05, 3.63) is 29.3 Å². The van der Waals surface area contributed by atoms with Crippen molar-refractivity contribution >= 4 is 5.69 Å². The predicted molar refractivity (Wildman–Crippen MR) is 53.7 cm³/mol. The van der Waals surface area contributed by atoms with Gasteiger partial charge in [0.15, 0.2) is 0 Å². The average molecular weight is 218 g/mol. The Morgan fingerprint density at radius 2 is 1.87 bits per heavy atom. The van der Waals surface area contributed by atoms with Gasteiger partial charge < -0.3 is 10.6 Å². The first-order chi connectivity index (χ1) is 6.86. The first-order valence-corrected chi connectivity index (χ1v) is 4.43. The van der Waals surface area contributed by atoms with Crippen LogP contribution in [0.2, 0.25) is 0 Å². The van der Waals surface area contributed by atoms with E-state index in [0.29, 0.717) is 5.69 Å². The van der Waals surface area contributed by atoms with Crippen molar-refractivity contribution in [1.82, 2.24) is 0 Å². The third-order valence-electron chi connectivity index (χ3n) is 2.13. The number of halogens is 3. The molecule has 0 aliphatic carbocycles. The van der Waals surface area contributed by atoms with Gasteiger partial charge in [-0.05, 0) is 23.8 Å². The molecule has 0 fully saturated rings. The van der Waals surface area contributed by atoms with E-state index in [0.717, 1.165) is 6.07 Å². The van der Waals surface area contributed by atoms with E-state index < -0.39 is 11.7 Å². The number of alkyl halides is 3. The summed E-state index contributed by atoms with van der Waals surface area (Å²) >= 11 is 0. The molecule has 1 aromatic carbocycles. The molecular weight excluding hydrogens is 205 g/mol. The van der Waals surface area contributed by atoms with E-state index in [2.05, 4.69) is 0 Å². The second-order valence-corrected chi connectivity index (χ2v) is 3.44. The highest BCUT2D eigenvalue weighted by atomic mass is 19.4. The van der Waals surface area contributed by atoms with Gasteiger partial charge in [-0.25, -0.2) is 0 Å². The molecular formula is C10H13F3N2. The number of hydrogen-bond acceptors (Lipinski definition) is 2. The van der Waals surface area contributed by atoms with Crippen LogP contribution in [0.1, 0.15) is 11.1 Å². The standard InChI is InChI=1S/C10H13F3N2/c1-15(2)8-3-4-9(10(11,12)13)7(5-8)6-14/h3-5H,6,14H2,1-2H3. The molecule has 15 heavy (non-hydrogen) atoms. The van der Waals surface area contributed by atoms with Gasteiger partial charge in [0.1, 0.15) is 0 Å². The Balaban J connectivity index is 3.21. The minimum Gasteiger partial charge on any atom is -0.378 e. The van der Waals surface area contributed by atoms with E-state index in [4.69, 9.17) is 5.73 Å². The molecule has 84 valence electrons. The van der Waals surface area contributed by atoms with E-state index in [9.17, 15) is 13.2 Å². The van der Waals surface area contributed by atoms with E-state index in [1.165, 1.54) is 12.1 Å². The van der Waals surface area contributed by atoms with Gasteiger partial charge in [-0.2, -0.15) is 13.2 Å². The van der Waals surface area contributed by atoms with Crippen molar-refractivity contribution in [3.63, 3.8) is 0 Å². The van der Waals surface area contributed by atoms with Gasteiger partial charge in [0.25, 0.3) is 0 Å². The highest BCUT2D eigenvalue weighted by molar-refractivity contribution is 5.50. The van der Waals surface area contributed by atoms with Crippen molar-refractivity contribution in [2.75, 3.05) is 19.0 Å². The van der Waals surface area contributed by atoms with Crippen LogP contribution in [0.5, 0.6) is 0 Å². The lowest BCUT2D eigenvalue weighted by Gasteiger charge is -2.17. The zero-order chi connectivity index (χ0) is 11.6. The van der Waals surface area contributed by atoms with Crippen molar-refractivity contribution in [1.29, 1.82) is 0 Å². The summed E-state index contributed by atoms with van der Waals surface area (Å²) in [4.78, 5) is 1.74. The molecule has 0 aliphatic rings. The molecule has 1 rings (SSSR count). The Bertz CT molecular complexity index is 345. The van der Waals surface area contributed by atoms with Gasteiger partial charge in [0, 0.05) is 26.3 Å². The normalized spacial score (nSPS) is 11.6. The van der Waals surface area contributed by atoms with Crippen LogP contribution in [0.25, 0.3) is 0 Å². The van der Waals surface area contributed by atoms with Crippen molar-refractivity contribution in [2.24, 2.45) is 5.73 Å². The number of anilines is 1. The second-order valence-electron chi connectivity index (χ2n) is 3.44. The first-order valence-electron chi connectivity index (χ1n) is 4.43. The molecule has 1 aromatic rings.